The smallest absolute Gasteiger partial charge is 0.415 e. The Kier molecular flexibility index (Phi) is 3.65. The summed E-state index contributed by atoms with van der Waals surface area (Å²) in [5.74, 6) is -0.895. The van der Waals surface area contributed by atoms with Crippen LogP contribution in [0.15, 0.2) is 11.5 Å². The highest BCUT2D eigenvalue weighted by atomic mass is 16.6. The lowest BCUT2D eigenvalue weighted by Gasteiger charge is -2.24. The highest BCUT2D eigenvalue weighted by Crippen LogP contribution is 2.24. The highest BCUT2D eigenvalue weighted by molar-refractivity contribution is 5.93. The molecule has 0 aromatic rings. The topological polar surface area (TPSA) is 76.1 Å². The van der Waals surface area contributed by atoms with Gasteiger partial charge < -0.3 is 14.6 Å². The molecule has 0 radical (unpaired) electrons. The average molecular weight is 243 g/mol. The number of carbonyl (C=O) groups is 2. The molecule has 0 saturated carbocycles. The quantitative estimate of drug-likeness (QED) is 0.707. The molecule has 6 nitrogen and oxygen atoms in total. The van der Waals surface area contributed by atoms with Crippen molar-refractivity contribution in [2.24, 2.45) is 0 Å². The molecule has 0 unspecified atom stereocenters. The predicted octanol–water partition coefficient (Wildman–Crippen LogP) is 1.57. The maximum absolute atomic E-state index is 11.8. The lowest BCUT2D eigenvalue weighted by atomic mass is 10.2. The van der Waals surface area contributed by atoms with Crippen LogP contribution in [0.3, 0.4) is 0 Å². The minimum absolute atomic E-state index is 0.137. The fraction of sp³-hybridized carbons (Fsp3) is 0.636. The van der Waals surface area contributed by atoms with Crippen LogP contribution < -0.4 is 0 Å². The van der Waals surface area contributed by atoms with Crippen LogP contribution in [0.4, 0.5) is 4.79 Å². The van der Waals surface area contributed by atoms with Crippen LogP contribution >= 0.6 is 0 Å². The van der Waals surface area contributed by atoms with Crippen molar-refractivity contribution in [3.63, 3.8) is 0 Å². The highest BCUT2D eigenvalue weighted by Gasteiger charge is 2.35. The maximum atomic E-state index is 11.8. The van der Waals surface area contributed by atoms with E-state index in [4.69, 9.17) is 4.74 Å². The molecule has 1 rings (SSSR count). The van der Waals surface area contributed by atoms with Crippen LogP contribution in [0.2, 0.25) is 0 Å². The molecule has 0 aromatic carbocycles. The summed E-state index contributed by atoms with van der Waals surface area (Å²) in [4.78, 5) is 24.3. The van der Waals surface area contributed by atoms with Gasteiger partial charge in [0.15, 0.2) is 5.70 Å². The van der Waals surface area contributed by atoms with Crippen molar-refractivity contribution in [1.82, 2.24) is 4.90 Å². The number of esters is 1. The number of aliphatic hydroxyl groups excluding tert-OH is 1. The first kappa shape index (κ1) is 13.3. The van der Waals surface area contributed by atoms with Crippen molar-refractivity contribution in [1.29, 1.82) is 0 Å². The molecule has 1 amide bonds. The third kappa shape index (κ3) is 3.12. The van der Waals surface area contributed by atoms with Crippen molar-refractivity contribution >= 4 is 12.1 Å². The van der Waals surface area contributed by atoms with Crippen molar-refractivity contribution in [2.75, 3.05) is 13.7 Å². The number of hydrogen-bond donors (Lipinski definition) is 1. The van der Waals surface area contributed by atoms with Crippen LogP contribution in [0.25, 0.3) is 0 Å². The van der Waals surface area contributed by atoms with E-state index in [0.29, 0.717) is 0 Å². The van der Waals surface area contributed by atoms with Crippen LogP contribution in [0, 0.1) is 0 Å². The van der Waals surface area contributed by atoms with E-state index in [1.54, 1.807) is 20.8 Å². The first-order valence-electron chi connectivity index (χ1n) is 5.27. The number of carbonyl (C=O) groups excluding carboxylic acids is 2. The Morgan fingerprint density at radius 3 is 2.41 bits per heavy atom. The van der Waals surface area contributed by atoms with E-state index in [0.717, 1.165) is 4.90 Å². The number of hydrogen-bond acceptors (Lipinski definition) is 5. The van der Waals surface area contributed by atoms with Crippen LogP contribution in [-0.4, -0.2) is 41.3 Å². The zero-order valence-corrected chi connectivity index (χ0v) is 10.4. The van der Waals surface area contributed by atoms with Gasteiger partial charge in [-0.2, -0.15) is 0 Å². The molecule has 1 aliphatic rings. The second-order valence-corrected chi connectivity index (χ2v) is 4.67. The van der Waals surface area contributed by atoms with Gasteiger partial charge in [0.1, 0.15) is 11.4 Å². The molecular formula is C11H17NO5. The lowest BCUT2D eigenvalue weighted by Crippen LogP contribution is -2.37. The molecule has 0 bridgehead atoms. The van der Waals surface area contributed by atoms with Crippen molar-refractivity contribution in [3.8, 4) is 0 Å². The number of ether oxygens (including phenoxy) is 2. The number of amides is 1. The molecule has 0 fully saturated rings. The molecule has 0 atom stereocenters. The largest absolute Gasteiger partial charge is 0.510 e. The standard InChI is InChI=1S/C11H17NO5/c1-11(2,3)17-10(15)12-6-5-7(13)8(12)9(14)16-4/h13H,5-6H2,1-4H3. The number of aliphatic hydroxyl groups is 1. The molecule has 0 spiro atoms. The average Bonchev–Trinajstić information content (AvgIpc) is 2.56. The minimum atomic E-state index is -0.745. The monoisotopic (exact) mass is 243 g/mol. The first-order valence-corrected chi connectivity index (χ1v) is 5.27. The van der Waals surface area contributed by atoms with Crippen LogP contribution in [0.1, 0.15) is 27.2 Å². The van der Waals surface area contributed by atoms with Crippen molar-refractivity contribution in [3.05, 3.63) is 11.5 Å². The van der Waals surface area contributed by atoms with Gasteiger partial charge in [0, 0.05) is 13.0 Å². The molecular weight excluding hydrogens is 226 g/mol. The fourth-order valence-corrected chi connectivity index (χ4v) is 1.43. The molecule has 0 aliphatic carbocycles. The Bertz CT molecular complexity index is 367. The summed E-state index contributed by atoms with van der Waals surface area (Å²) in [5.41, 5.74) is -0.793. The first-order chi connectivity index (χ1) is 7.76. The second-order valence-electron chi connectivity index (χ2n) is 4.67. The SMILES string of the molecule is COC(=O)C1=C(O)CCN1C(=O)OC(C)(C)C. The lowest BCUT2D eigenvalue weighted by molar-refractivity contribution is -0.137. The van der Waals surface area contributed by atoms with Gasteiger partial charge in [-0.15, -0.1) is 0 Å². The zero-order chi connectivity index (χ0) is 13.2. The normalized spacial score (nSPS) is 16.1. The molecule has 17 heavy (non-hydrogen) atoms. The van der Waals surface area contributed by atoms with E-state index in [1.165, 1.54) is 7.11 Å². The summed E-state index contributed by atoms with van der Waals surface area (Å²) in [6, 6.07) is 0. The number of rotatable bonds is 1. The van der Waals surface area contributed by atoms with E-state index in [2.05, 4.69) is 4.74 Å². The predicted molar refractivity (Wildman–Crippen MR) is 59.2 cm³/mol. The molecule has 0 saturated heterocycles. The third-order valence-corrected chi connectivity index (χ3v) is 2.11. The molecule has 1 heterocycles. The van der Waals surface area contributed by atoms with E-state index < -0.39 is 17.7 Å². The molecule has 0 aromatic heterocycles. The summed E-state index contributed by atoms with van der Waals surface area (Å²) in [6.07, 6.45) is -0.439. The summed E-state index contributed by atoms with van der Waals surface area (Å²) in [7, 11) is 1.19. The van der Waals surface area contributed by atoms with Gasteiger partial charge in [-0.3, -0.25) is 4.90 Å². The summed E-state index contributed by atoms with van der Waals surface area (Å²) in [5, 5.41) is 9.54. The fourth-order valence-electron chi connectivity index (χ4n) is 1.43. The van der Waals surface area contributed by atoms with E-state index in [9.17, 15) is 14.7 Å². The van der Waals surface area contributed by atoms with Crippen molar-refractivity contribution in [2.45, 2.75) is 32.8 Å². The van der Waals surface area contributed by atoms with Gasteiger partial charge in [0.2, 0.25) is 0 Å². The van der Waals surface area contributed by atoms with E-state index >= 15 is 0 Å². The Morgan fingerprint density at radius 2 is 1.94 bits per heavy atom. The Morgan fingerprint density at radius 1 is 1.35 bits per heavy atom. The Hall–Kier alpha value is -1.72. The molecule has 96 valence electrons. The van der Waals surface area contributed by atoms with Gasteiger partial charge >= 0.3 is 12.1 Å². The zero-order valence-electron chi connectivity index (χ0n) is 10.4. The number of methoxy groups -OCH3 is 1. The van der Waals surface area contributed by atoms with Gasteiger partial charge in [-0.1, -0.05) is 0 Å². The van der Waals surface area contributed by atoms with E-state index in [-0.39, 0.29) is 24.4 Å². The van der Waals surface area contributed by atoms with Crippen LogP contribution in [-0.2, 0) is 14.3 Å². The summed E-state index contributed by atoms with van der Waals surface area (Å²) >= 11 is 0. The molecule has 6 heteroatoms. The number of nitrogens with zero attached hydrogens (tertiary/aromatic N) is 1. The summed E-state index contributed by atoms with van der Waals surface area (Å²) < 4.78 is 9.64. The van der Waals surface area contributed by atoms with Gasteiger partial charge in [0.05, 0.1) is 7.11 Å². The minimum Gasteiger partial charge on any atom is -0.510 e. The molecule has 1 aliphatic heterocycles. The van der Waals surface area contributed by atoms with Gasteiger partial charge in [-0.25, -0.2) is 9.59 Å². The van der Waals surface area contributed by atoms with E-state index in [1.807, 2.05) is 0 Å². The Balaban J connectivity index is 2.86. The Labute approximate surface area is 99.8 Å². The molecule has 1 N–H and O–H groups in total. The van der Waals surface area contributed by atoms with Gasteiger partial charge in [-0.05, 0) is 20.8 Å². The van der Waals surface area contributed by atoms with Crippen molar-refractivity contribution < 1.29 is 24.2 Å². The van der Waals surface area contributed by atoms with Gasteiger partial charge in [0.25, 0.3) is 0 Å². The third-order valence-electron chi connectivity index (χ3n) is 2.11. The maximum Gasteiger partial charge on any atom is 0.415 e. The van der Waals surface area contributed by atoms with Crippen LogP contribution in [0.5, 0.6) is 0 Å². The summed E-state index contributed by atoms with van der Waals surface area (Å²) in [6.45, 7) is 5.39. The second kappa shape index (κ2) is 4.65.